The van der Waals surface area contributed by atoms with Crippen molar-refractivity contribution in [2.75, 3.05) is 26.2 Å². The minimum Gasteiger partial charge on any atom is -0.439 e. The number of ether oxygens (including phenoxy) is 1. The molecule has 1 amide bonds. The molecule has 0 bridgehead atoms. The lowest BCUT2D eigenvalue weighted by Crippen LogP contribution is -2.50. The second-order valence-corrected chi connectivity index (χ2v) is 6.19. The molecular formula is C19H23N3O3. The average molecular weight is 341 g/mol. The molecule has 1 saturated heterocycles. The molecule has 25 heavy (non-hydrogen) atoms. The SMILES string of the molecule is CC(O)C(=O)N1CCN(Cc2cccc(Oc3ccccn3)c2)CC1. The minimum absolute atomic E-state index is 0.189. The fourth-order valence-electron chi connectivity index (χ4n) is 2.88. The van der Waals surface area contributed by atoms with Crippen LogP contribution >= 0.6 is 0 Å². The standard InChI is InChI=1S/C19H23N3O3/c1-15(23)19(24)22-11-9-21(10-12-22)14-16-5-4-6-17(13-16)25-18-7-2-3-8-20-18/h2-8,13,15,23H,9-12,14H2,1H3. The molecule has 0 radical (unpaired) electrons. The number of aromatic nitrogens is 1. The lowest BCUT2D eigenvalue weighted by Gasteiger charge is -2.35. The van der Waals surface area contributed by atoms with Gasteiger partial charge in [-0.1, -0.05) is 18.2 Å². The highest BCUT2D eigenvalue weighted by atomic mass is 16.5. The van der Waals surface area contributed by atoms with Gasteiger partial charge in [0.2, 0.25) is 5.88 Å². The second-order valence-electron chi connectivity index (χ2n) is 6.19. The van der Waals surface area contributed by atoms with E-state index in [4.69, 9.17) is 4.74 Å². The molecule has 1 aliphatic heterocycles. The van der Waals surface area contributed by atoms with Gasteiger partial charge in [0.1, 0.15) is 11.9 Å². The Hall–Kier alpha value is -2.44. The van der Waals surface area contributed by atoms with E-state index >= 15 is 0 Å². The Bertz CT molecular complexity index is 698. The fraction of sp³-hybridized carbons (Fsp3) is 0.368. The number of rotatable bonds is 5. The summed E-state index contributed by atoms with van der Waals surface area (Å²) in [4.78, 5) is 20.0. The summed E-state index contributed by atoms with van der Waals surface area (Å²) in [7, 11) is 0. The zero-order chi connectivity index (χ0) is 17.6. The first-order valence-corrected chi connectivity index (χ1v) is 8.49. The molecule has 132 valence electrons. The third-order valence-corrected chi connectivity index (χ3v) is 4.21. The number of piperazine rings is 1. The molecule has 6 nitrogen and oxygen atoms in total. The molecule has 0 saturated carbocycles. The molecule has 0 spiro atoms. The highest BCUT2D eigenvalue weighted by molar-refractivity contribution is 5.80. The van der Waals surface area contributed by atoms with Crippen LogP contribution in [0.1, 0.15) is 12.5 Å². The quantitative estimate of drug-likeness (QED) is 0.900. The summed E-state index contributed by atoms with van der Waals surface area (Å²) in [6.45, 7) is 5.20. The Kier molecular flexibility index (Phi) is 5.63. The Balaban J connectivity index is 1.55. The van der Waals surface area contributed by atoms with E-state index in [0.717, 1.165) is 30.9 Å². The van der Waals surface area contributed by atoms with Crippen molar-refractivity contribution in [1.82, 2.24) is 14.8 Å². The fourth-order valence-corrected chi connectivity index (χ4v) is 2.88. The van der Waals surface area contributed by atoms with Crippen molar-refractivity contribution in [1.29, 1.82) is 0 Å². The molecule has 1 fully saturated rings. The molecule has 1 aromatic carbocycles. The summed E-state index contributed by atoms with van der Waals surface area (Å²) in [5, 5.41) is 9.40. The number of nitrogens with zero attached hydrogens (tertiary/aromatic N) is 3. The van der Waals surface area contributed by atoms with Gasteiger partial charge in [-0.25, -0.2) is 4.98 Å². The van der Waals surface area contributed by atoms with Crippen molar-refractivity contribution < 1.29 is 14.6 Å². The number of amides is 1. The van der Waals surface area contributed by atoms with Crippen molar-refractivity contribution >= 4 is 5.91 Å². The monoisotopic (exact) mass is 341 g/mol. The molecule has 6 heteroatoms. The number of carbonyl (C=O) groups is 1. The van der Waals surface area contributed by atoms with Crippen molar-refractivity contribution in [3.63, 3.8) is 0 Å². The van der Waals surface area contributed by atoms with E-state index in [9.17, 15) is 9.90 Å². The third-order valence-electron chi connectivity index (χ3n) is 4.21. The molecule has 1 aromatic heterocycles. The molecule has 2 aromatic rings. The first kappa shape index (κ1) is 17.4. The van der Waals surface area contributed by atoms with Crippen molar-refractivity contribution in [3.05, 3.63) is 54.2 Å². The summed E-state index contributed by atoms with van der Waals surface area (Å²) in [6.07, 6.45) is 0.777. The zero-order valence-electron chi connectivity index (χ0n) is 14.3. The van der Waals surface area contributed by atoms with E-state index in [-0.39, 0.29) is 5.91 Å². The molecule has 1 aliphatic rings. The van der Waals surface area contributed by atoms with Gasteiger partial charge in [-0.2, -0.15) is 0 Å². The van der Waals surface area contributed by atoms with E-state index in [1.807, 2.05) is 36.4 Å². The van der Waals surface area contributed by atoms with Crippen LogP contribution in [0.3, 0.4) is 0 Å². The summed E-state index contributed by atoms with van der Waals surface area (Å²) < 4.78 is 5.77. The maximum atomic E-state index is 11.8. The second kappa shape index (κ2) is 8.09. The summed E-state index contributed by atoms with van der Waals surface area (Å²) in [6, 6.07) is 13.5. The van der Waals surface area contributed by atoms with Crippen LogP contribution in [0.5, 0.6) is 11.6 Å². The first-order valence-electron chi connectivity index (χ1n) is 8.49. The van der Waals surface area contributed by atoms with Crippen LogP contribution in [0.2, 0.25) is 0 Å². The smallest absolute Gasteiger partial charge is 0.251 e. The summed E-state index contributed by atoms with van der Waals surface area (Å²) >= 11 is 0. The minimum atomic E-state index is -0.924. The molecule has 1 N–H and O–H groups in total. The van der Waals surface area contributed by atoms with Gasteiger partial charge < -0.3 is 14.7 Å². The van der Waals surface area contributed by atoms with E-state index in [0.29, 0.717) is 19.0 Å². The maximum Gasteiger partial charge on any atom is 0.251 e. The van der Waals surface area contributed by atoms with Gasteiger partial charge in [0.05, 0.1) is 0 Å². The highest BCUT2D eigenvalue weighted by Crippen LogP contribution is 2.21. The topological polar surface area (TPSA) is 65.9 Å². The van der Waals surface area contributed by atoms with E-state index in [1.165, 1.54) is 6.92 Å². The molecule has 2 heterocycles. The van der Waals surface area contributed by atoms with Crippen LogP contribution in [-0.2, 0) is 11.3 Å². The summed E-state index contributed by atoms with van der Waals surface area (Å²) in [5.41, 5.74) is 1.16. The first-order chi connectivity index (χ1) is 12.1. The van der Waals surface area contributed by atoms with E-state index in [1.54, 1.807) is 11.1 Å². The Morgan fingerprint density at radius 2 is 2.00 bits per heavy atom. The molecule has 3 rings (SSSR count). The van der Waals surface area contributed by atoms with Crippen LogP contribution in [0, 0.1) is 0 Å². The van der Waals surface area contributed by atoms with Crippen molar-refractivity contribution in [2.24, 2.45) is 0 Å². The molecule has 0 aliphatic carbocycles. The van der Waals surface area contributed by atoms with Gasteiger partial charge in [0.15, 0.2) is 0 Å². The third kappa shape index (κ3) is 4.78. The predicted molar refractivity (Wildman–Crippen MR) is 94.3 cm³/mol. The average Bonchev–Trinajstić information content (AvgIpc) is 2.63. The van der Waals surface area contributed by atoms with Crippen LogP contribution in [0.15, 0.2) is 48.7 Å². The zero-order valence-corrected chi connectivity index (χ0v) is 14.3. The number of aliphatic hydroxyl groups excluding tert-OH is 1. The van der Waals surface area contributed by atoms with Gasteiger partial charge >= 0.3 is 0 Å². The van der Waals surface area contributed by atoms with Gasteiger partial charge in [0.25, 0.3) is 5.91 Å². The number of carbonyl (C=O) groups excluding carboxylic acids is 1. The lowest BCUT2D eigenvalue weighted by atomic mass is 10.2. The number of aliphatic hydroxyl groups is 1. The van der Waals surface area contributed by atoms with E-state index in [2.05, 4.69) is 16.0 Å². The normalized spacial score (nSPS) is 16.5. The van der Waals surface area contributed by atoms with Crippen LogP contribution in [-0.4, -0.2) is 58.1 Å². The van der Waals surface area contributed by atoms with Crippen molar-refractivity contribution in [3.8, 4) is 11.6 Å². The molecule has 1 atom stereocenters. The number of pyridine rings is 1. The number of hydrogen-bond donors (Lipinski definition) is 1. The van der Waals surface area contributed by atoms with Crippen molar-refractivity contribution in [2.45, 2.75) is 19.6 Å². The van der Waals surface area contributed by atoms with Crippen LogP contribution < -0.4 is 4.74 Å². The van der Waals surface area contributed by atoms with Crippen LogP contribution in [0.4, 0.5) is 0 Å². The number of benzene rings is 1. The number of hydrogen-bond acceptors (Lipinski definition) is 5. The largest absolute Gasteiger partial charge is 0.439 e. The van der Waals surface area contributed by atoms with Gasteiger partial charge in [-0.05, 0) is 30.7 Å². The Labute approximate surface area is 147 Å². The maximum absolute atomic E-state index is 11.8. The van der Waals surface area contributed by atoms with Crippen LogP contribution in [0.25, 0.3) is 0 Å². The molecule has 1 unspecified atom stereocenters. The van der Waals surface area contributed by atoms with Gasteiger partial charge in [-0.3, -0.25) is 9.69 Å². The summed E-state index contributed by atoms with van der Waals surface area (Å²) in [5.74, 6) is 1.15. The van der Waals surface area contributed by atoms with E-state index < -0.39 is 6.10 Å². The molecular weight excluding hydrogens is 318 g/mol. The Morgan fingerprint density at radius 1 is 1.20 bits per heavy atom. The lowest BCUT2D eigenvalue weighted by molar-refractivity contribution is -0.141. The van der Waals surface area contributed by atoms with Gasteiger partial charge in [-0.15, -0.1) is 0 Å². The van der Waals surface area contributed by atoms with Gasteiger partial charge in [0, 0.05) is 45.0 Å². The highest BCUT2D eigenvalue weighted by Gasteiger charge is 2.23. The Morgan fingerprint density at radius 3 is 2.68 bits per heavy atom. The predicted octanol–water partition coefficient (Wildman–Crippen LogP) is 1.90.